The van der Waals surface area contributed by atoms with Gasteiger partial charge in [-0.2, -0.15) is 0 Å². The minimum atomic E-state index is -0.611. The number of carbonyl (C=O) groups is 3. The van der Waals surface area contributed by atoms with E-state index in [1.807, 2.05) is 24.3 Å². The molecule has 0 aliphatic carbocycles. The van der Waals surface area contributed by atoms with E-state index in [0.29, 0.717) is 17.3 Å². The normalized spacial score (nSPS) is 18.5. The molecule has 0 spiro atoms. The molecule has 2 aliphatic heterocycles. The number of carbonyl (C=O) groups excluding carboxylic acids is 3. The molecular weight excluding hydrogens is 392 g/mol. The van der Waals surface area contributed by atoms with E-state index in [1.54, 1.807) is 29.2 Å². The highest BCUT2D eigenvalue weighted by Gasteiger charge is 2.37. The summed E-state index contributed by atoms with van der Waals surface area (Å²) in [4.78, 5) is 40.6. The average molecular weight is 413 g/mol. The maximum absolute atomic E-state index is 12.6. The number of hydrogen-bond donors (Lipinski definition) is 0. The zero-order valence-electron chi connectivity index (χ0n) is 15.8. The molecule has 1 atom stereocenters. The maximum atomic E-state index is 12.6. The Bertz CT molecular complexity index is 961. The fourth-order valence-corrected chi connectivity index (χ4v) is 4.13. The Morgan fingerprint density at radius 2 is 1.79 bits per heavy atom. The largest absolute Gasteiger partial charge is 0.455 e. The van der Waals surface area contributed by atoms with Crippen molar-refractivity contribution in [1.29, 1.82) is 0 Å². The van der Waals surface area contributed by atoms with E-state index in [2.05, 4.69) is 0 Å². The summed E-state index contributed by atoms with van der Waals surface area (Å²) in [5, 5.41) is 0.453. The number of aryl methyl sites for hydroxylation is 1. The van der Waals surface area contributed by atoms with Crippen molar-refractivity contribution in [3.63, 3.8) is 0 Å². The Kier molecular flexibility index (Phi) is 5.53. The Morgan fingerprint density at radius 1 is 1.07 bits per heavy atom. The van der Waals surface area contributed by atoms with Gasteiger partial charge in [-0.3, -0.25) is 14.4 Å². The molecule has 2 heterocycles. The van der Waals surface area contributed by atoms with Crippen molar-refractivity contribution in [2.24, 2.45) is 5.92 Å². The van der Waals surface area contributed by atoms with Gasteiger partial charge in [0.15, 0.2) is 6.61 Å². The van der Waals surface area contributed by atoms with Crippen LogP contribution in [0.15, 0.2) is 48.5 Å². The van der Waals surface area contributed by atoms with Gasteiger partial charge in [0.25, 0.3) is 5.91 Å². The third-order valence-electron chi connectivity index (χ3n) is 5.35. The highest BCUT2D eigenvalue weighted by molar-refractivity contribution is 6.33. The standard InChI is InChI=1S/C22H21ClN2O4/c23-17-8-2-4-10-19(17)25-13-16(12-20(25)26)22(28)29-14-21(27)24-11-5-7-15-6-1-3-9-18(15)24/h1-4,6,8-10,16H,5,7,11-14H2. The van der Waals surface area contributed by atoms with Gasteiger partial charge in [-0.25, -0.2) is 0 Å². The molecule has 150 valence electrons. The molecule has 2 aromatic carbocycles. The van der Waals surface area contributed by atoms with Crippen LogP contribution in [0.5, 0.6) is 0 Å². The summed E-state index contributed by atoms with van der Waals surface area (Å²) in [5.74, 6) is -1.58. The smallest absolute Gasteiger partial charge is 0.311 e. The highest BCUT2D eigenvalue weighted by Crippen LogP contribution is 2.31. The third kappa shape index (κ3) is 3.98. The highest BCUT2D eigenvalue weighted by atomic mass is 35.5. The van der Waals surface area contributed by atoms with Crippen molar-refractivity contribution in [3.8, 4) is 0 Å². The molecule has 4 rings (SSSR count). The lowest BCUT2D eigenvalue weighted by atomic mass is 10.0. The van der Waals surface area contributed by atoms with Crippen LogP contribution in [-0.2, 0) is 25.5 Å². The van der Waals surface area contributed by atoms with Crippen LogP contribution in [0.25, 0.3) is 0 Å². The second-order valence-electron chi connectivity index (χ2n) is 7.24. The molecule has 0 N–H and O–H groups in total. The summed E-state index contributed by atoms with van der Waals surface area (Å²) in [6.45, 7) is 0.474. The minimum absolute atomic E-state index is 0.0464. The van der Waals surface area contributed by atoms with Crippen LogP contribution in [-0.4, -0.2) is 37.5 Å². The van der Waals surface area contributed by atoms with E-state index < -0.39 is 11.9 Å². The van der Waals surface area contributed by atoms with Crippen molar-refractivity contribution in [1.82, 2.24) is 0 Å². The lowest BCUT2D eigenvalue weighted by Gasteiger charge is -2.29. The summed E-state index contributed by atoms with van der Waals surface area (Å²) in [5.41, 5.74) is 2.58. The Hall–Kier alpha value is -2.86. The molecule has 0 aromatic heterocycles. The molecule has 0 bridgehead atoms. The van der Waals surface area contributed by atoms with Crippen LogP contribution in [0.1, 0.15) is 18.4 Å². The number of esters is 1. The molecule has 2 amide bonds. The lowest BCUT2D eigenvalue weighted by molar-refractivity contribution is -0.151. The monoisotopic (exact) mass is 412 g/mol. The predicted octanol–water partition coefficient (Wildman–Crippen LogP) is 3.22. The number of nitrogens with zero attached hydrogens (tertiary/aromatic N) is 2. The molecule has 0 radical (unpaired) electrons. The number of hydrogen-bond acceptors (Lipinski definition) is 4. The molecule has 7 heteroatoms. The van der Waals surface area contributed by atoms with Crippen LogP contribution in [0.3, 0.4) is 0 Å². The van der Waals surface area contributed by atoms with Crippen molar-refractivity contribution in [2.75, 3.05) is 29.5 Å². The van der Waals surface area contributed by atoms with Crippen LogP contribution in [0.2, 0.25) is 5.02 Å². The van der Waals surface area contributed by atoms with E-state index in [4.69, 9.17) is 16.3 Å². The van der Waals surface area contributed by atoms with Gasteiger partial charge in [-0.05, 0) is 36.6 Å². The summed E-state index contributed by atoms with van der Waals surface area (Å²) in [6.07, 6.45) is 1.85. The van der Waals surface area contributed by atoms with E-state index in [9.17, 15) is 14.4 Å². The van der Waals surface area contributed by atoms with E-state index in [0.717, 1.165) is 24.1 Å². The zero-order chi connectivity index (χ0) is 20.4. The summed E-state index contributed by atoms with van der Waals surface area (Å²) in [7, 11) is 0. The van der Waals surface area contributed by atoms with Crippen LogP contribution >= 0.6 is 11.6 Å². The van der Waals surface area contributed by atoms with Crippen molar-refractivity contribution < 1.29 is 19.1 Å². The first-order valence-corrected chi connectivity index (χ1v) is 10.0. The number of fused-ring (bicyclic) bond motifs is 1. The van der Waals surface area contributed by atoms with Gasteiger partial charge in [-0.15, -0.1) is 0 Å². The van der Waals surface area contributed by atoms with Crippen LogP contribution < -0.4 is 9.80 Å². The number of halogens is 1. The van der Waals surface area contributed by atoms with Crippen LogP contribution in [0, 0.1) is 5.92 Å². The Morgan fingerprint density at radius 3 is 2.59 bits per heavy atom. The zero-order valence-corrected chi connectivity index (χ0v) is 16.6. The molecular formula is C22H21ClN2O4. The second-order valence-corrected chi connectivity index (χ2v) is 7.65. The van der Waals surface area contributed by atoms with Gasteiger partial charge in [0.05, 0.1) is 16.6 Å². The number of anilines is 2. The van der Waals surface area contributed by atoms with Crippen molar-refractivity contribution >= 4 is 40.8 Å². The molecule has 0 saturated carbocycles. The molecule has 1 fully saturated rings. The first-order chi connectivity index (χ1) is 14.0. The van der Waals surface area contributed by atoms with Crippen molar-refractivity contribution in [3.05, 3.63) is 59.1 Å². The molecule has 2 aromatic rings. The lowest BCUT2D eigenvalue weighted by Crippen LogP contribution is -2.39. The number of ether oxygens (including phenoxy) is 1. The van der Waals surface area contributed by atoms with Gasteiger partial charge in [-0.1, -0.05) is 41.9 Å². The Balaban J connectivity index is 1.37. The van der Waals surface area contributed by atoms with Gasteiger partial charge >= 0.3 is 5.97 Å². The minimum Gasteiger partial charge on any atom is -0.455 e. The molecule has 1 unspecified atom stereocenters. The molecule has 6 nitrogen and oxygen atoms in total. The number of benzene rings is 2. The molecule has 1 saturated heterocycles. The maximum Gasteiger partial charge on any atom is 0.311 e. The second kappa shape index (κ2) is 8.25. The Labute approximate surface area is 174 Å². The third-order valence-corrected chi connectivity index (χ3v) is 5.67. The SMILES string of the molecule is O=C(OCC(=O)N1CCCc2ccccc21)C1CC(=O)N(c2ccccc2Cl)C1. The molecule has 29 heavy (non-hydrogen) atoms. The molecule has 2 aliphatic rings. The van der Waals surface area contributed by atoms with E-state index in [1.165, 1.54) is 4.90 Å². The summed E-state index contributed by atoms with van der Waals surface area (Å²) < 4.78 is 5.28. The number of amides is 2. The van der Waals surface area contributed by atoms with E-state index in [-0.39, 0.29) is 31.4 Å². The average Bonchev–Trinajstić information content (AvgIpc) is 3.13. The van der Waals surface area contributed by atoms with Crippen LogP contribution in [0.4, 0.5) is 11.4 Å². The summed E-state index contributed by atoms with van der Waals surface area (Å²) in [6, 6.07) is 14.8. The quantitative estimate of drug-likeness (QED) is 0.723. The van der Waals surface area contributed by atoms with Gasteiger partial charge in [0.2, 0.25) is 5.91 Å². The van der Waals surface area contributed by atoms with Gasteiger partial charge in [0, 0.05) is 25.2 Å². The fourth-order valence-electron chi connectivity index (χ4n) is 3.89. The van der Waals surface area contributed by atoms with E-state index >= 15 is 0 Å². The first kappa shape index (κ1) is 19.5. The number of para-hydroxylation sites is 2. The predicted molar refractivity (Wildman–Crippen MR) is 110 cm³/mol. The first-order valence-electron chi connectivity index (χ1n) is 9.64. The number of rotatable bonds is 4. The summed E-state index contributed by atoms with van der Waals surface area (Å²) >= 11 is 6.17. The fraction of sp³-hybridized carbons (Fsp3) is 0.318. The van der Waals surface area contributed by atoms with Crippen molar-refractivity contribution in [2.45, 2.75) is 19.3 Å². The van der Waals surface area contributed by atoms with Gasteiger partial charge < -0.3 is 14.5 Å². The topological polar surface area (TPSA) is 66.9 Å². The van der Waals surface area contributed by atoms with Gasteiger partial charge in [0.1, 0.15) is 0 Å².